The first-order valence-corrected chi connectivity index (χ1v) is 11.6. The third-order valence-corrected chi connectivity index (χ3v) is 7.95. The summed E-state index contributed by atoms with van der Waals surface area (Å²) in [5.74, 6) is 1.09. The first kappa shape index (κ1) is 18.9. The second-order valence-corrected chi connectivity index (χ2v) is 10.1. The number of amides is 1. The van der Waals surface area contributed by atoms with Crippen molar-refractivity contribution in [2.45, 2.75) is 75.4 Å². The number of sulfonamides is 1. The molecule has 9 heteroatoms. The molecule has 1 saturated carbocycles. The normalized spacial score (nSPS) is 28.9. The molecule has 4 rings (SSSR count). The summed E-state index contributed by atoms with van der Waals surface area (Å²) in [4.78, 5) is 12.5. The lowest BCUT2D eigenvalue weighted by Crippen LogP contribution is -2.59. The summed E-state index contributed by atoms with van der Waals surface area (Å²) in [6.45, 7) is 0.377. The number of carbonyl (C=O) groups is 1. The molecule has 1 aliphatic carbocycles. The van der Waals surface area contributed by atoms with E-state index in [0.29, 0.717) is 37.4 Å². The molecule has 1 aromatic heterocycles. The Bertz CT molecular complexity index is 775. The zero-order valence-corrected chi connectivity index (χ0v) is 16.3. The van der Waals surface area contributed by atoms with Gasteiger partial charge in [0.2, 0.25) is 10.0 Å². The molecule has 2 bridgehead atoms. The van der Waals surface area contributed by atoms with Crippen molar-refractivity contribution in [2.75, 3.05) is 12.3 Å². The summed E-state index contributed by atoms with van der Waals surface area (Å²) in [6.07, 6.45) is 6.70. The van der Waals surface area contributed by atoms with E-state index < -0.39 is 10.0 Å². The lowest BCUT2D eigenvalue weighted by molar-refractivity contribution is 0.0790. The fraction of sp³-hybridized carbons (Fsp3) is 0.778. The Kier molecular flexibility index (Phi) is 5.26. The predicted octanol–water partition coefficient (Wildman–Crippen LogP) is 1.35. The number of hydrogen-bond acceptors (Lipinski definition) is 6. The first-order chi connectivity index (χ1) is 13.0. The van der Waals surface area contributed by atoms with Crippen LogP contribution in [-0.2, 0) is 10.0 Å². The van der Waals surface area contributed by atoms with Crippen LogP contribution in [0.2, 0.25) is 0 Å². The van der Waals surface area contributed by atoms with Gasteiger partial charge in [-0.3, -0.25) is 4.79 Å². The van der Waals surface area contributed by atoms with Crippen LogP contribution in [0.25, 0.3) is 0 Å². The minimum atomic E-state index is -3.29. The lowest BCUT2D eigenvalue weighted by atomic mass is 9.84. The highest BCUT2D eigenvalue weighted by Crippen LogP contribution is 2.40. The first-order valence-electron chi connectivity index (χ1n) is 9.96. The molecule has 3 fully saturated rings. The number of nitrogens with two attached hydrogens (primary N) is 1. The summed E-state index contributed by atoms with van der Waals surface area (Å²) in [7, 11) is -3.29. The maximum Gasteiger partial charge on any atom is 0.273 e. The van der Waals surface area contributed by atoms with Crippen molar-refractivity contribution in [3.8, 4) is 0 Å². The number of nitrogens with one attached hydrogen (secondary N) is 1. The maximum atomic E-state index is 12.7. The van der Waals surface area contributed by atoms with Gasteiger partial charge in [0.25, 0.3) is 5.91 Å². The largest absolute Gasteiger partial charge is 0.360 e. The average Bonchev–Trinajstić information content (AvgIpc) is 3.36. The smallest absolute Gasteiger partial charge is 0.273 e. The molecule has 0 spiro atoms. The van der Waals surface area contributed by atoms with Gasteiger partial charge < -0.3 is 15.6 Å². The molecule has 2 aliphatic heterocycles. The Morgan fingerprint density at radius 3 is 2.59 bits per heavy atom. The summed E-state index contributed by atoms with van der Waals surface area (Å²) in [5, 5.41) is 6.95. The number of hydrogen-bond donors (Lipinski definition) is 2. The number of piperidine rings is 2. The monoisotopic (exact) mass is 396 g/mol. The molecule has 1 amide bonds. The van der Waals surface area contributed by atoms with Crippen molar-refractivity contribution in [3.63, 3.8) is 0 Å². The van der Waals surface area contributed by atoms with Gasteiger partial charge >= 0.3 is 0 Å². The lowest BCUT2D eigenvalue weighted by Gasteiger charge is -2.47. The van der Waals surface area contributed by atoms with Crippen molar-refractivity contribution in [1.82, 2.24) is 14.8 Å². The molecule has 2 atom stereocenters. The number of fused-ring (bicyclic) bond motifs is 2. The van der Waals surface area contributed by atoms with Gasteiger partial charge in [0.05, 0.1) is 5.75 Å². The molecular weight excluding hydrogens is 368 g/mol. The highest BCUT2D eigenvalue weighted by molar-refractivity contribution is 7.89. The van der Waals surface area contributed by atoms with E-state index in [0.717, 1.165) is 37.9 Å². The molecule has 150 valence electrons. The van der Waals surface area contributed by atoms with E-state index in [1.807, 2.05) is 0 Å². The molecule has 2 unspecified atom stereocenters. The Hall–Kier alpha value is -1.45. The van der Waals surface area contributed by atoms with Crippen LogP contribution in [0.15, 0.2) is 10.6 Å². The van der Waals surface area contributed by atoms with E-state index in [4.69, 9.17) is 10.3 Å². The van der Waals surface area contributed by atoms with E-state index >= 15 is 0 Å². The minimum absolute atomic E-state index is 0.0326. The molecule has 8 nitrogen and oxygen atoms in total. The molecule has 1 aromatic rings. The Morgan fingerprint density at radius 2 is 1.96 bits per heavy atom. The standard InChI is InChI=1S/C18H28N4O4S/c19-7-2-8-27(24,25)22-14-3-1-4-15(22)10-13(9-14)20-18(23)16-11-17(26-21-16)12-5-6-12/h11-15H,1-10,19H2,(H,20,23). The van der Waals surface area contributed by atoms with Gasteiger partial charge in [-0.1, -0.05) is 11.6 Å². The highest BCUT2D eigenvalue weighted by atomic mass is 32.2. The van der Waals surface area contributed by atoms with Crippen LogP contribution in [0.5, 0.6) is 0 Å². The molecule has 27 heavy (non-hydrogen) atoms. The van der Waals surface area contributed by atoms with Crippen molar-refractivity contribution >= 4 is 15.9 Å². The van der Waals surface area contributed by atoms with Crippen LogP contribution < -0.4 is 11.1 Å². The Balaban J connectivity index is 1.41. The Morgan fingerprint density at radius 1 is 1.26 bits per heavy atom. The molecular formula is C18H28N4O4S. The number of carbonyl (C=O) groups excluding carboxylic acids is 1. The van der Waals surface area contributed by atoms with Gasteiger partial charge in [0.1, 0.15) is 5.76 Å². The van der Waals surface area contributed by atoms with Gasteiger partial charge in [-0.15, -0.1) is 0 Å². The van der Waals surface area contributed by atoms with Crippen LogP contribution >= 0.6 is 0 Å². The fourth-order valence-corrected chi connectivity index (χ4v) is 6.53. The van der Waals surface area contributed by atoms with Crippen LogP contribution in [0.3, 0.4) is 0 Å². The van der Waals surface area contributed by atoms with E-state index in [9.17, 15) is 13.2 Å². The fourth-order valence-electron chi connectivity index (χ4n) is 4.50. The molecule has 0 aromatic carbocycles. The summed E-state index contributed by atoms with van der Waals surface area (Å²) < 4.78 is 32.5. The summed E-state index contributed by atoms with van der Waals surface area (Å²) in [5.41, 5.74) is 5.81. The van der Waals surface area contributed by atoms with Gasteiger partial charge in [0.15, 0.2) is 5.69 Å². The van der Waals surface area contributed by atoms with E-state index in [2.05, 4.69) is 10.5 Å². The van der Waals surface area contributed by atoms with Crippen molar-refractivity contribution in [1.29, 1.82) is 0 Å². The van der Waals surface area contributed by atoms with E-state index in [-0.39, 0.29) is 29.8 Å². The minimum Gasteiger partial charge on any atom is -0.360 e. The number of aromatic nitrogens is 1. The third-order valence-electron chi connectivity index (χ3n) is 5.91. The second-order valence-electron chi connectivity index (χ2n) is 8.06. The van der Waals surface area contributed by atoms with Gasteiger partial charge in [0, 0.05) is 30.1 Å². The topological polar surface area (TPSA) is 119 Å². The van der Waals surface area contributed by atoms with Crippen molar-refractivity contribution in [3.05, 3.63) is 17.5 Å². The SMILES string of the molecule is NCCCS(=O)(=O)N1C2CCCC1CC(NC(=O)c1cc(C3CC3)on1)C2. The predicted molar refractivity (Wildman–Crippen MR) is 99.7 cm³/mol. The van der Waals surface area contributed by atoms with Gasteiger partial charge in [-0.2, -0.15) is 4.31 Å². The molecule has 3 heterocycles. The number of rotatable bonds is 7. The quantitative estimate of drug-likeness (QED) is 0.718. The average molecular weight is 397 g/mol. The molecule has 2 saturated heterocycles. The van der Waals surface area contributed by atoms with Crippen LogP contribution in [-0.4, -0.2) is 54.2 Å². The summed E-state index contributed by atoms with van der Waals surface area (Å²) >= 11 is 0. The zero-order chi connectivity index (χ0) is 19.0. The molecule has 3 aliphatic rings. The summed E-state index contributed by atoms with van der Waals surface area (Å²) in [6, 6.07) is 1.63. The van der Waals surface area contributed by atoms with E-state index in [1.165, 1.54) is 0 Å². The van der Waals surface area contributed by atoms with Crippen molar-refractivity contribution < 1.29 is 17.7 Å². The number of nitrogens with zero attached hydrogens (tertiary/aromatic N) is 2. The van der Waals surface area contributed by atoms with Crippen molar-refractivity contribution in [2.24, 2.45) is 5.73 Å². The third kappa shape index (κ3) is 4.05. The van der Waals surface area contributed by atoms with Gasteiger partial charge in [-0.25, -0.2) is 8.42 Å². The zero-order valence-electron chi connectivity index (χ0n) is 15.5. The molecule has 0 radical (unpaired) electrons. The van der Waals surface area contributed by atoms with Crippen LogP contribution in [0.4, 0.5) is 0 Å². The maximum absolute atomic E-state index is 12.7. The second kappa shape index (κ2) is 7.52. The van der Waals surface area contributed by atoms with Crippen LogP contribution in [0, 0.1) is 0 Å². The molecule has 3 N–H and O–H groups in total. The van der Waals surface area contributed by atoms with Crippen LogP contribution in [0.1, 0.15) is 73.5 Å². The van der Waals surface area contributed by atoms with Gasteiger partial charge in [-0.05, 0) is 51.5 Å². The van der Waals surface area contributed by atoms with E-state index in [1.54, 1.807) is 10.4 Å². The highest BCUT2D eigenvalue weighted by Gasteiger charge is 2.44. The Labute approximate surface area is 159 Å².